The maximum Gasteiger partial charge on any atom is 0.0935 e. The fraction of sp³-hybridized carbons (Fsp3) is 0. The van der Waals surface area contributed by atoms with Crippen molar-refractivity contribution in [2.24, 2.45) is 0 Å². The molecule has 5 aromatic heterocycles. The third kappa shape index (κ3) is 4.73. The van der Waals surface area contributed by atoms with Gasteiger partial charge < -0.3 is 0 Å². The predicted octanol–water partition coefficient (Wildman–Crippen LogP) is 9.01. The summed E-state index contributed by atoms with van der Waals surface area (Å²) in [4.78, 5) is 14.4. The van der Waals surface area contributed by atoms with Crippen molar-refractivity contribution in [3.8, 4) is 56.3 Å². The van der Waals surface area contributed by atoms with Gasteiger partial charge in [0.1, 0.15) is 0 Å². The van der Waals surface area contributed by atoms with Gasteiger partial charge in [-0.1, -0.05) is 91.0 Å². The Bertz CT molecular complexity index is 2100. The standard InChI is InChI=1S/C38H25N5/c1-2-8-26(9-3-1)30-18-20-34(40-25-30)37-23-31(36-24-32-19-17-29-10-4-5-12-38(29)43(32)42-36)22-35(41-37)28-15-13-27(14-16-28)33-11-6-7-21-39-33/h1-25H. The molecule has 8 aromatic rings. The van der Waals surface area contributed by atoms with Gasteiger partial charge in [0.15, 0.2) is 0 Å². The number of pyridine rings is 4. The summed E-state index contributed by atoms with van der Waals surface area (Å²) in [6.45, 7) is 0. The molecule has 202 valence electrons. The fourth-order valence-electron chi connectivity index (χ4n) is 5.49. The van der Waals surface area contributed by atoms with E-state index >= 15 is 0 Å². The molecule has 0 aliphatic rings. The Hall–Kier alpha value is -5.94. The lowest BCUT2D eigenvalue weighted by Gasteiger charge is -2.10. The van der Waals surface area contributed by atoms with Gasteiger partial charge in [-0.05, 0) is 54.1 Å². The summed E-state index contributed by atoms with van der Waals surface area (Å²) in [5.74, 6) is 0. The summed E-state index contributed by atoms with van der Waals surface area (Å²) in [7, 11) is 0. The minimum Gasteiger partial charge on any atom is -0.256 e. The lowest BCUT2D eigenvalue weighted by molar-refractivity contribution is 1.01. The van der Waals surface area contributed by atoms with Gasteiger partial charge in [0.25, 0.3) is 0 Å². The first-order chi connectivity index (χ1) is 21.3. The van der Waals surface area contributed by atoms with E-state index in [2.05, 4.69) is 96.0 Å². The zero-order chi connectivity index (χ0) is 28.6. The molecule has 5 heteroatoms. The molecule has 0 aliphatic heterocycles. The van der Waals surface area contributed by atoms with Gasteiger partial charge in [-0.25, -0.2) is 9.50 Å². The van der Waals surface area contributed by atoms with Crippen molar-refractivity contribution >= 4 is 16.4 Å². The van der Waals surface area contributed by atoms with Crippen molar-refractivity contribution in [2.75, 3.05) is 0 Å². The Morgan fingerprint density at radius 2 is 1.16 bits per heavy atom. The molecule has 43 heavy (non-hydrogen) atoms. The van der Waals surface area contributed by atoms with Crippen LogP contribution in [0.3, 0.4) is 0 Å². The van der Waals surface area contributed by atoms with Crippen LogP contribution in [-0.2, 0) is 0 Å². The number of nitrogens with zero attached hydrogens (tertiary/aromatic N) is 5. The zero-order valence-corrected chi connectivity index (χ0v) is 23.2. The fourth-order valence-corrected chi connectivity index (χ4v) is 5.49. The van der Waals surface area contributed by atoms with Crippen LogP contribution < -0.4 is 0 Å². The average Bonchev–Trinajstić information content (AvgIpc) is 3.54. The van der Waals surface area contributed by atoms with E-state index in [0.29, 0.717) is 0 Å². The maximum absolute atomic E-state index is 5.10. The quantitative estimate of drug-likeness (QED) is 0.214. The Morgan fingerprint density at radius 3 is 1.95 bits per heavy atom. The molecule has 0 fully saturated rings. The van der Waals surface area contributed by atoms with Crippen LogP contribution in [0.15, 0.2) is 152 Å². The summed E-state index contributed by atoms with van der Waals surface area (Å²) in [5, 5.41) is 6.20. The molecule has 5 nitrogen and oxygen atoms in total. The minimum absolute atomic E-state index is 0.794. The molecular formula is C38H25N5. The first kappa shape index (κ1) is 24.8. The Morgan fingerprint density at radius 1 is 0.419 bits per heavy atom. The first-order valence-electron chi connectivity index (χ1n) is 14.2. The van der Waals surface area contributed by atoms with Gasteiger partial charge >= 0.3 is 0 Å². The van der Waals surface area contributed by atoms with Gasteiger partial charge in [-0.2, -0.15) is 5.10 Å². The number of hydrogen-bond acceptors (Lipinski definition) is 4. The Kier molecular flexibility index (Phi) is 6.05. The van der Waals surface area contributed by atoms with Crippen molar-refractivity contribution < 1.29 is 0 Å². The van der Waals surface area contributed by atoms with E-state index in [1.165, 1.54) is 0 Å². The molecule has 0 atom stereocenters. The number of rotatable bonds is 5. The van der Waals surface area contributed by atoms with Gasteiger partial charge in [-0.3, -0.25) is 9.97 Å². The summed E-state index contributed by atoms with van der Waals surface area (Å²) in [5.41, 5.74) is 11.7. The molecule has 0 bridgehead atoms. The molecule has 5 heterocycles. The van der Waals surface area contributed by atoms with Crippen molar-refractivity contribution in [1.82, 2.24) is 24.6 Å². The number of hydrogen-bond donors (Lipinski definition) is 0. The van der Waals surface area contributed by atoms with Crippen LogP contribution in [0, 0.1) is 0 Å². The Labute approximate surface area is 248 Å². The second-order valence-corrected chi connectivity index (χ2v) is 10.5. The second-order valence-electron chi connectivity index (χ2n) is 10.5. The van der Waals surface area contributed by atoms with E-state index in [-0.39, 0.29) is 0 Å². The number of benzene rings is 3. The molecule has 3 aromatic carbocycles. The van der Waals surface area contributed by atoms with Crippen LogP contribution in [-0.4, -0.2) is 24.6 Å². The Balaban J connectivity index is 1.25. The maximum atomic E-state index is 5.10. The summed E-state index contributed by atoms with van der Waals surface area (Å²) in [6.07, 6.45) is 3.73. The van der Waals surface area contributed by atoms with Gasteiger partial charge in [0.2, 0.25) is 0 Å². The normalized spacial score (nSPS) is 11.3. The summed E-state index contributed by atoms with van der Waals surface area (Å²) < 4.78 is 2.01. The smallest absolute Gasteiger partial charge is 0.0935 e. The third-order valence-electron chi connectivity index (χ3n) is 7.73. The molecule has 0 N–H and O–H groups in total. The van der Waals surface area contributed by atoms with Crippen LogP contribution in [0.25, 0.3) is 72.7 Å². The summed E-state index contributed by atoms with van der Waals surface area (Å²) in [6, 6.07) is 47.6. The highest BCUT2D eigenvalue weighted by Crippen LogP contribution is 2.32. The highest BCUT2D eigenvalue weighted by molar-refractivity contribution is 5.84. The molecule has 0 saturated carbocycles. The van der Waals surface area contributed by atoms with Gasteiger partial charge in [-0.15, -0.1) is 0 Å². The lowest BCUT2D eigenvalue weighted by Crippen LogP contribution is -1.94. The van der Waals surface area contributed by atoms with E-state index in [1.54, 1.807) is 0 Å². The van der Waals surface area contributed by atoms with Crippen LogP contribution in [0.4, 0.5) is 0 Å². The molecule has 0 unspecified atom stereocenters. The van der Waals surface area contributed by atoms with Crippen molar-refractivity contribution in [3.05, 3.63) is 152 Å². The lowest BCUT2D eigenvalue weighted by atomic mass is 10.0. The monoisotopic (exact) mass is 551 g/mol. The number of aromatic nitrogens is 5. The SMILES string of the molecule is c1ccc(-c2ccc(-c3cc(-c4cc5ccc6ccccc6n5n4)cc(-c4ccc(-c5ccccn5)cc4)n3)nc2)cc1. The average molecular weight is 552 g/mol. The molecule has 0 radical (unpaired) electrons. The third-order valence-corrected chi connectivity index (χ3v) is 7.73. The van der Waals surface area contributed by atoms with E-state index in [9.17, 15) is 0 Å². The van der Waals surface area contributed by atoms with Gasteiger partial charge in [0, 0.05) is 40.0 Å². The summed E-state index contributed by atoms with van der Waals surface area (Å²) >= 11 is 0. The minimum atomic E-state index is 0.794. The van der Waals surface area contributed by atoms with Gasteiger partial charge in [0.05, 0.1) is 39.5 Å². The largest absolute Gasteiger partial charge is 0.256 e. The highest BCUT2D eigenvalue weighted by Gasteiger charge is 2.14. The second kappa shape index (κ2) is 10.5. The molecule has 0 aliphatic carbocycles. The van der Waals surface area contributed by atoms with Crippen LogP contribution in [0.1, 0.15) is 0 Å². The molecule has 0 amide bonds. The van der Waals surface area contributed by atoms with E-state index in [1.807, 2.05) is 65.4 Å². The predicted molar refractivity (Wildman–Crippen MR) is 173 cm³/mol. The van der Waals surface area contributed by atoms with Crippen LogP contribution in [0.5, 0.6) is 0 Å². The van der Waals surface area contributed by atoms with Crippen molar-refractivity contribution in [1.29, 1.82) is 0 Å². The molecule has 0 spiro atoms. The van der Waals surface area contributed by atoms with Crippen molar-refractivity contribution in [3.63, 3.8) is 0 Å². The van der Waals surface area contributed by atoms with Crippen molar-refractivity contribution in [2.45, 2.75) is 0 Å². The first-order valence-corrected chi connectivity index (χ1v) is 14.2. The van der Waals surface area contributed by atoms with E-state index < -0.39 is 0 Å². The van der Waals surface area contributed by atoms with Crippen LogP contribution in [0.2, 0.25) is 0 Å². The molecule has 8 rings (SSSR count). The topological polar surface area (TPSA) is 56.0 Å². The highest BCUT2D eigenvalue weighted by atomic mass is 15.2. The molecular weight excluding hydrogens is 526 g/mol. The van der Waals surface area contributed by atoms with E-state index in [4.69, 9.17) is 15.1 Å². The number of fused-ring (bicyclic) bond motifs is 3. The van der Waals surface area contributed by atoms with Crippen LogP contribution >= 0.6 is 0 Å². The number of para-hydroxylation sites is 1. The van der Waals surface area contributed by atoms with E-state index in [0.717, 1.165) is 72.7 Å². The molecule has 0 saturated heterocycles. The zero-order valence-electron chi connectivity index (χ0n) is 23.2.